The summed E-state index contributed by atoms with van der Waals surface area (Å²) in [6.45, 7) is 6.33. The lowest BCUT2D eigenvalue weighted by atomic mass is 10.0. The predicted octanol–water partition coefficient (Wildman–Crippen LogP) is 5.11. The van der Waals surface area contributed by atoms with Gasteiger partial charge in [0, 0.05) is 29.4 Å². The number of aliphatic carboxylic acids is 1. The summed E-state index contributed by atoms with van der Waals surface area (Å²) in [5, 5.41) is 29.8. The first-order chi connectivity index (χ1) is 18.0. The average Bonchev–Trinajstić information content (AvgIpc) is 3.23. The standard InChI is InChI=1S/C28H33ClFN3O5/c1-4-32(21-7-5-6-19(29)14-21)28(38)25-26(17(2)3)33(13-12-22(34)15-23(35)16-24(36)37)27(31-25)18-8-10-20(30)11-9-18/h5-11,14,17,22-23,34-35H,4,12-13,15-16H2,1-3H3,(H,36,37)/t22-,23-/m1/s1. The van der Waals surface area contributed by atoms with Crippen molar-refractivity contribution >= 4 is 29.2 Å². The fraction of sp³-hybridized carbons (Fsp3) is 0.393. The number of aliphatic hydroxyl groups excluding tert-OH is 2. The van der Waals surface area contributed by atoms with E-state index in [-0.39, 0.29) is 36.9 Å². The minimum Gasteiger partial charge on any atom is -0.481 e. The van der Waals surface area contributed by atoms with Gasteiger partial charge in [0.2, 0.25) is 0 Å². The van der Waals surface area contributed by atoms with Crippen LogP contribution in [-0.4, -0.2) is 55.5 Å². The van der Waals surface area contributed by atoms with Crippen molar-refractivity contribution in [3.63, 3.8) is 0 Å². The van der Waals surface area contributed by atoms with E-state index in [1.54, 1.807) is 41.3 Å². The first-order valence-electron chi connectivity index (χ1n) is 12.5. The zero-order valence-electron chi connectivity index (χ0n) is 21.6. The number of amides is 1. The van der Waals surface area contributed by atoms with Gasteiger partial charge in [-0.3, -0.25) is 9.59 Å². The Morgan fingerprint density at radius 2 is 1.79 bits per heavy atom. The molecule has 3 aromatic rings. The van der Waals surface area contributed by atoms with Crippen LogP contribution in [0.3, 0.4) is 0 Å². The molecule has 204 valence electrons. The van der Waals surface area contributed by atoms with E-state index in [4.69, 9.17) is 21.7 Å². The number of aliphatic hydroxyl groups is 2. The third-order valence-electron chi connectivity index (χ3n) is 6.18. The Kier molecular flexibility index (Phi) is 10.0. The molecule has 0 bridgehead atoms. The summed E-state index contributed by atoms with van der Waals surface area (Å²) in [5.41, 5.74) is 2.11. The van der Waals surface area contributed by atoms with Crippen LogP contribution in [-0.2, 0) is 11.3 Å². The molecule has 1 heterocycles. The van der Waals surface area contributed by atoms with Crippen molar-refractivity contribution in [2.45, 2.75) is 64.7 Å². The van der Waals surface area contributed by atoms with Crippen molar-refractivity contribution in [1.82, 2.24) is 9.55 Å². The second-order valence-electron chi connectivity index (χ2n) is 9.44. The molecule has 0 aliphatic heterocycles. The number of benzene rings is 2. The highest BCUT2D eigenvalue weighted by molar-refractivity contribution is 6.31. The highest BCUT2D eigenvalue weighted by Crippen LogP contribution is 2.31. The lowest BCUT2D eigenvalue weighted by molar-refractivity contribution is -0.139. The van der Waals surface area contributed by atoms with Gasteiger partial charge in [-0.1, -0.05) is 31.5 Å². The highest BCUT2D eigenvalue weighted by atomic mass is 35.5. The van der Waals surface area contributed by atoms with Crippen molar-refractivity contribution in [2.75, 3.05) is 11.4 Å². The van der Waals surface area contributed by atoms with Gasteiger partial charge in [0.05, 0.1) is 24.3 Å². The number of hydrogen-bond donors (Lipinski definition) is 3. The van der Waals surface area contributed by atoms with Gasteiger partial charge in [0.15, 0.2) is 5.69 Å². The van der Waals surface area contributed by atoms with Crippen LogP contribution in [0.25, 0.3) is 11.4 Å². The smallest absolute Gasteiger partial charge is 0.305 e. The first kappa shape index (κ1) is 29.3. The predicted molar refractivity (Wildman–Crippen MR) is 144 cm³/mol. The van der Waals surface area contributed by atoms with E-state index >= 15 is 0 Å². The van der Waals surface area contributed by atoms with E-state index in [2.05, 4.69) is 0 Å². The molecule has 3 N–H and O–H groups in total. The van der Waals surface area contributed by atoms with Crippen LogP contribution in [0, 0.1) is 5.82 Å². The SMILES string of the molecule is CCN(C(=O)c1nc(-c2ccc(F)cc2)n(CC[C@@H](O)C[C@@H](O)CC(=O)O)c1C(C)C)c1cccc(Cl)c1. The Bertz CT molecular complexity index is 1260. The van der Waals surface area contributed by atoms with Gasteiger partial charge in [-0.05, 0) is 68.1 Å². The second kappa shape index (κ2) is 13.0. The minimum atomic E-state index is -1.18. The van der Waals surface area contributed by atoms with Crippen molar-refractivity contribution < 1.29 is 29.3 Å². The normalized spacial score (nSPS) is 12.9. The number of carbonyl (C=O) groups is 2. The molecule has 0 saturated heterocycles. The summed E-state index contributed by atoms with van der Waals surface area (Å²) in [6, 6.07) is 12.8. The molecule has 0 unspecified atom stereocenters. The number of carbonyl (C=O) groups excluding carboxylic acids is 1. The molecule has 38 heavy (non-hydrogen) atoms. The van der Waals surface area contributed by atoms with Gasteiger partial charge in [-0.15, -0.1) is 0 Å². The van der Waals surface area contributed by atoms with Gasteiger partial charge in [0.25, 0.3) is 5.91 Å². The van der Waals surface area contributed by atoms with Crippen LogP contribution in [0.5, 0.6) is 0 Å². The maximum atomic E-state index is 13.9. The monoisotopic (exact) mass is 545 g/mol. The highest BCUT2D eigenvalue weighted by Gasteiger charge is 2.29. The van der Waals surface area contributed by atoms with Crippen LogP contribution in [0.2, 0.25) is 5.02 Å². The third kappa shape index (κ3) is 7.18. The number of carboxylic acids is 1. The van der Waals surface area contributed by atoms with Crippen LogP contribution < -0.4 is 4.90 Å². The fourth-order valence-corrected chi connectivity index (χ4v) is 4.65. The van der Waals surface area contributed by atoms with E-state index in [1.165, 1.54) is 12.1 Å². The molecular formula is C28H33ClFN3O5. The van der Waals surface area contributed by atoms with Crippen molar-refractivity contribution in [3.05, 3.63) is 70.8 Å². The second-order valence-corrected chi connectivity index (χ2v) is 9.88. The lowest BCUT2D eigenvalue weighted by Crippen LogP contribution is -2.32. The topological polar surface area (TPSA) is 116 Å². The van der Waals surface area contributed by atoms with E-state index in [0.29, 0.717) is 34.3 Å². The first-order valence-corrected chi connectivity index (χ1v) is 12.9. The van der Waals surface area contributed by atoms with Crippen molar-refractivity contribution in [3.8, 4) is 11.4 Å². The summed E-state index contributed by atoms with van der Waals surface area (Å²) in [6.07, 6.45) is -2.55. The Balaban J connectivity index is 2.04. The van der Waals surface area contributed by atoms with Crippen LogP contribution >= 0.6 is 11.6 Å². The molecule has 0 saturated carbocycles. The summed E-state index contributed by atoms with van der Waals surface area (Å²) in [4.78, 5) is 31.0. The van der Waals surface area contributed by atoms with E-state index in [0.717, 1.165) is 0 Å². The minimum absolute atomic E-state index is 0.103. The number of aromatic nitrogens is 2. The Morgan fingerprint density at radius 1 is 1.11 bits per heavy atom. The Labute approximate surface area is 226 Å². The maximum Gasteiger partial charge on any atom is 0.305 e. The lowest BCUT2D eigenvalue weighted by Gasteiger charge is -2.22. The fourth-order valence-electron chi connectivity index (χ4n) is 4.46. The molecular weight excluding hydrogens is 513 g/mol. The van der Waals surface area contributed by atoms with Gasteiger partial charge in [-0.25, -0.2) is 9.37 Å². The molecule has 2 atom stereocenters. The molecule has 0 spiro atoms. The molecule has 0 radical (unpaired) electrons. The zero-order chi connectivity index (χ0) is 28.0. The number of hydrogen-bond acceptors (Lipinski definition) is 5. The molecule has 10 heteroatoms. The number of nitrogens with zero attached hydrogens (tertiary/aromatic N) is 3. The van der Waals surface area contributed by atoms with Crippen molar-refractivity contribution in [1.29, 1.82) is 0 Å². The van der Waals surface area contributed by atoms with E-state index < -0.39 is 30.4 Å². The van der Waals surface area contributed by atoms with Crippen molar-refractivity contribution in [2.24, 2.45) is 0 Å². The summed E-state index contributed by atoms with van der Waals surface area (Å²) < 4.78 is 15.5. The Hall–Kier alpha value is -3.27. The maximum absolute atomic E-state index is 13.9. The van der Waals surface area contributed by atoms with Gasteiger partial charge < -0.3 is 24.8 Å². The number of carboxylic acid groups (broad SMARTS) is 1. The summed E-state index contributed by atoms with van der Waals surface area (Å²) >= 11 is 6.17. The molecule has 1 amide bonds. The zero-order valence-corrected chi connectivity index (χ0v) is 22.4. The molecule has 2 aromatic carbocycles. The van der Waals surface area contributed by atoms with Crippen LogP contribution in [0.15, 0.2) is 48.5 Å². The Morgan fingerprint density at radius 3 is 2.37 bits per heavy atom. The summed E-state index contributed by atoms with van der Waals surface area (Å²) in [7, 11) is 0. The van der Waals surface area contributed by atoms with E-state index in [1.807, 2.05) is 25.3 Å². The largest absolute Gasteiger partial charge is 0.481 e. The summed E-state index contributed by atoms with van der Waals surface area (Å²) in [5.74, 6) is -1.57. The van der Waals surface area contributed by atoms with Crippen LogP contribution in [0.4, 0.5) is 10.1 Å². The van der Waals surface area contributed by atoms with Crippen LogP contribution in [0.1, 0.15) is 62.1 Å². The van der Waals surface area contributed by atoms with Gasteiger partial charge >= 0.3 is 5.97 Å². The molecule has 0 aliphatic rings. The molecule has 1 aromatic heterocycles. The number of anilines is 1. The third-order valence-corrected chi connectivity index (χ3v) is 6.42. The number of rotatable bonds is 12. The van der Waals surface area contributed by atoms with Gasteiger partial charge in [-0.2, -0.15) is 0 Å². The molecule has 8 nitrogen and oxygen atoms in total. The number of imidazole rings is 1. The van der Waals surface area contributed by atoms with E-state index in [9.17, 15) is 24.2 Å². The molecule has 0 fully saturated rings. The average molecular weight is 546 g/mol. The molecule has 3 rings (SSSR count). The molecule has 0 aliphatic carbocycles. The number of halogens is 2. The van der Waals surface area contributed by atoms with Gasteiger partial charge in [0.1, 0.15) is 11.6 Å². The quantitative estimate of drug-likeness (QED) is 0.291.